The molecule has 0 aromatic carbocycles. The number of methoxy groups -OCH3 is 1. The summed E-state index contributed by atoms with van der Waals surface area (Å²) in [6, 6.07) is 0. The van der Waals surface area contributed by atoms with E-state index in [0.717, 1.165) is 0 Å². The number of ether oxygens (including phenoxy) is 1. The zero-order chi connectivity index (χ0) is 12.3. The summed E-state index contributed by atoms with van der Waals surface area (Å²) >= 11 is 0. The zero-order valence-corrected chi connectivity index (χ0v) is 11.6. The third-order valence-corrected chi connectivity index (χ3v) is 4.01. The van der Waals surface area contributed by atoms with Gasteiger partial charge in [0.2, 0.25) is 0 Å². The van der Waals surface area contributed by atoms with Crippen molar-refractivity contribution in [1.82, 2.24) is 0 Å². The molecule has 0 spiro atoms. The van der Waals surface area contributed by atoms with Gasteiger partial charge in [-0.25, -0.2) is 0 Å². The van der Waals surface area contributed by atoms with Crippen molar-refractivity contribution in [1.29, 1.82) is 0 Å². The summed E-state index contributed by atoms with van der Waals surface area (Å²) in [6.07, 6.45) is 7.52. The monoisotopic (exact) mass is 222 g/mol. The quantitative estimate of drug-likeness (QED) is 0.645. The normalized spacial score (nSPS) is 27.5. The van der Waals surface area contributed by atoms with Crippen LogP contribution in [0.25, 0.3) is 0 Å². The van der Waals surface area contributed by atoms with Gasteiger partial charge in [0.25, 0.3) is 0 Å². The maximum absolute atomic E-state index is 5.37. The minimum absolute atomic E-state index is 0.227. The van der Waals surface area contributed by atoms with Crippen molar-refractivity contribution in [2.24, 2.45) is 11.3 Å². The smallest absolute Gasteiger partial charge is 0.0750 e. The van der Waals surface area contributed by atoms with E-state index in [1.165, 1.54) is 24.0 Å². The summed E-state index contributed by atoms with van der Waals surface area (Å²) in [5.74, 6) is 0.568. The van der Waals surface area contributed by atoms with Crippen LogP contribution in [-0.4, -0.2) is 13.2 Å². The highest BCUT2D eigenvalue weighted by molar-refractivity contribution is 5.22. The second kappa shape index (κ2) is 5.18. The topological polar surface area (TPSA) is 9.23 Å². The Hall–Kier alpha value is -0.560. The lowest BCUT2D eigenvalue weighted by atomic mass is 9.68. The molecule has 0 saturated carbocycles. The van der Waals surface area contributed by atoms with Crippen LogP contribution in [0.3, 0.4) is 0 Å². The van der Waals surface area contributed by atoms with Gasteiger partial charge in [-0.05, 0) is 44.6 Å². The predicted molar refractivity (Wildman–Crippen MR) is 70.5 cm³/mol. The Labute approximate surface area is 101 Å². The molecule has 0 bridgehead atoms. The summed E-state index contributed by atoms with van der Waals surface area (Å²) in [4.78, 5) is 0. The van der Waals surface area contributed by atoms with E-state index in [2.05, 4.69) is 46.8 Å². The molecular formula is C15H26O. The molecule has 0 aromatic rings. The molecule has 1 nitrogen and oxygen atoms in total. The molecule has 0 saturated heterocycles. The molecule has 1 aliphatic carbocycles. The van der Waals surface area contributed by atoms with Crippen LogP contribution < -0.4 is 0 Å². The van der Waals surface area contributed by atoms with Gasteiger partial charge in [-0.3, -0.25) is 0 Å². The molecule has 2 atom stereocenters. The molecular weight excluding hydrogens is 196 g/mol. The van der Waals surface area contributed by atoms with E-state index in [1.807, 2.05) is 0 Å². The maximum Gasteiger partial charge on any atom is 0.0750 e. The van der Waals surface area contributed by atoms with Gasteiger partial charge in [0.15, 0.2) is 0 Å². The summed E-state index contributed by atoms with van der Waals surface area (Å²) < 4.78 is 5.37. The van der Waals surface area contributed by atoms with Crippen molar-refractivity contribution in [2.45, 2.75) is 53.6 Å². The van der Waals surface area contributed by atoms with Gasteiger partial charge >= 0.3 is 0 Å². The van der Waals surface area contributed by atoms with Gasteiger partial charge in [0.05, 0.1) is 6.10 Å². The van der Waals surface area contributed by atoms with E-state index in [1.54, 1.807) is 7.11 Å². The SMILES string of the molecule is COC(C)C(C)=CC1C(C)=CCCC1(C)C. The van der Waals surface area contributed by atoms with Crippen molar-refractivity contribution in [2.75, 3.05) is 7.11 Å². The fraction of sp³-hybridized carbons (Fsp3) is 0.733. The van der Waals surface area contributed by atoms with Gasteiger partial charge in [0.1, 0.15) is 0 Å². The van der Waals surface area contributed by atoms with Crippen LogP contribution in [0.15, 0.2) is 23.3 Å². The third-order valence-electron chi connectivity index (χ3n) is 4.01. The molecule has 0 heterocycles. The molecule has 1 heteroatoms. The first-order valence-electron chi connectivity index (χ1n) is 6.26. The Bertz CT molecular complexity index is 297. The van der Waals surface area contributed by atoms with E-state index in [4.69, 9.17) is 4.74 Å². The Morgan fingerprint density at radius 2 is 2.19 bits per heavy atom. The summed E-state index contributed by atoms with van der Waals surface area (Å²) in [6.45, 7) is 11.3. The highest BCUT2D eigenvalue weighted by Gasteiger charge is 2.31. The fourth-order valence-electron chi connectivity index (χ4n) is 2.51. The largest absolute Gasteiger partial charge is 0.377 e. The molecule has 1 rings (SSSR count). The lowest BCUT2D eigenvalue weighted by molar-refractivity contribution is 0.145. The molecule has 0 aliphatic heterocycles. The van der Waals surface area contributed by atoms with Crippen molar-refractivity contribution < 1.29 is 4.74 Å². The molecule has 1 aliphatic rings. The predicted octanol–water partition coefficient (Wildman–Crippen LogP) is 4.35. The second-order valence-electron chi connectivity index (χ2n) is 5.74. The van der Waals surface area contributed by atoms with Gasteiger partial charge in [-0.15, -0.1) is 0 Å². The summed E-state index contributed by atoms with van der Waals surface area (Å²) in [5, 5.41) is 0. The summed E-state index contributed by atoms with van der Waals surface area (Å²) in [5.41, 5.74) is 3.24. The van der Waals surface area contributed by atoms with Crippen LogP contribution in [0.1, 0.15) is 47.5 Å². The first-order valence-corrected chi connectivity index (χ1v) is 6.26. The first-order chi connectivity index (χ1) is 7.38. The van der Waals surface area contributed by atoms with E-state index in [0.29, 0.717) is 11.3 Å². The second-order valence-corrected chi connectivity index (χ2v) is 5.74. The Balaban J connectivity index is 2.92. The maximum atomic E-state index is 5.37. The third kappa shape index (κ3) is 2.98. The number of hydrogen-bond acceptors (Lipinski definition) is 1. The van der Waals surface area contributed by atoms with Crippen LogP contribution in [0.2, 0.25) is 0 Å². The van der Waals surface area contributed by atoms with E-state index in [-0.39, 0.29) is 6.10 Å². The molecule has 0 amide bonds. The average Bonchev–Trinajstić information content (AvgIpc) is 2.21. The highest BCUT2D eigenvalue weighted by atomic mass is 16.5. The Morgan fingerprint density at radius 3 is 2.69 bits per heavy atom. The number of rotatable bonds is 3. The fourth-order valence-corrected chi connectivity index (χ4v) is 2.51. The zero-order valence-electron chi connectivity index (χ0n) is 11.6. The molecule has 2 unspecified atom stereocenters. The Kier molecular flexibility index (Phi) is 4.37. The summed E-state index contributed by atoms with van der Waals surface area (Å²) in [7, 11) is 1.77. The van der Waals surface area contributed by atoms with Crippen molar-refractivity contribution in [3.05, 3.63) is 23.3 Å². The van der Waals surface area contributed by atoms with Crippen molar-refractivity contribution in [3.63, 3.8) is 0 Å². The standard InChI is InChI=1S/C15H26O/c1-11-8-7-9-15(4,5)14(11)10-12(2)13(3)16-6/h8,10,13-14H,7,9H2,1-6H3. The lowest BCUT2D eigenvalue weighted by Crippen LogP contribution is -2.27. The van der Waals surface area contributed by atoms with E-state index in [9.17, 15) is 0 Å². The average molecular weight is 222 g/mol. The molecule has 0 aromatic heterocycles. The van der Waals surface area contributed by atoms with Crippen LogP contribution >= 0.6 is 0 Å². The highest BCUT2D eigenvalue weighted by Crippen LogP contribution is 2.42. The first kappa shape index (κ1) is 13.5. The van der Waals surface area contributed by atoms with Crippen LogP contribution in [-0.2, 0) is 4.74 Å². The molecule has 0 N–H and O–H groups in total. The van der Waals surface area contributed by atoms with Gasteiger partial charge in [-0.1, -0.05) is 31.6 Å². The van der Waals surface area contributed by atoms with Crippen molar-refractivity contribution >= 4 is 0 Å². The van der Waals surface area contributed by atoms with E-state index >= 15 is 0 Å². The molecule has 92 valence electrons. The molecule has 16 heavy (non-hydrogen) atoms. The van der Waals surface area contributed by atoms with Crippen molar-refractivity contribution in [3.8, 4) is 0 Å². The lowest BCUT2D eigenvalue weighted by Gasteiger charge is -2.37. The van der Waals surface area contributed by atoms with Gasteiger partial charge < -0.3 is 4.74 Å². The minimum Gasteiger partial charge on any atom is -0.377 e. The van der Waals surface area contributed by atoms with Gasteiger partial charge in [0, 0.05) is 13.0 Å². The number of hydrogen-bond donors (Lipinski definition) is 0. The molecule has 0 radical (unpaired) electrons. The molecule has 0 fully saturated rings. The van der Waals surface area contributed by atoms with E-state index < -0.39 is 0 Å². The van der Waals surface area contributed by atoms with Crippen LogP contribution in [0.5, 0.6) is 0 Å². The minimum atomic E-state index is 0.227. The van der Waals surface area contributed by atoms with Crippen LogP contribution in [0.4, 0.5) is 0 Å². The Morgan fingerprint density at radius 1 is 1.56 bits per heavy atom. The van der Waals surface area contributed by atoms with Crippen LogP contribution in [0, 0.1) is 11.3 Å². The number of allylic oxidation sites excluding steroid dienone is 3. The van der Waals surface area contributed by atoms with Gasteiger partial charge in [-0.2, -0.15) is 0 Å².